The van der Waals surface area contributed by atoms with E-state index in [2.05, 4.69) is 6.92 Å². The zero-order valence-corrected chi connectivity index (χ0v) is 10.0. The quantitative estimate of drug-likeness (QED) is 0.849. The predicted octanol–water partition coefficient (Wildman–Crippen LogP) is 2.25. The number of methoxy groups -OCH3 is 2. The van der Waals surface area contributed by atoms with E-state index in [1.54, 1.807) is 14.2 Å². The Bertz CT molecular complexity index is 394. The summed E-state index contributed by atoms with van der Waals surface area (Å²) in [5, 5.41) is 10.3. The van der Waals surface area contributed by atoms with Crippen LogP contribution in [0, 0.1) is 0 Å². The number of rotatable bonds is 4. The monoisotopic (exact) mass is 222 g/mol. The maximum absolute atomic E-state index is 10.3. The molecule has 88 valence electrons. The number of benzene rings is 1. The van der Waals surface area contributed by atoms with Crippen molar-refractivity contribution < 1.29 is 14.6 Å². The summed E-state index contributed by atoms with van der Waals surface area (Å²) in [6.45, 7) is 2.06. The fourth-order valence-electron chi connectivity index (χ4n) is 2.20. The molecule has 1 saturated carbocycles. The summed E-state index contributed by atoms with van der Waals surface area (Å²) in [6, 6.07) is 3.76. The lowest BCUT2D eigenvalue weighted by Crippen LogP contribution is -2.11. The summed E-state index contributed by atoms with van der Waals surface area (Å²) in [6.07, 6.45) is 2.45. The molecule has 1 aliphatic carbocycles. The Morgan fingerprint density at radius 1 is 1.19 bits per heavy atom. The van der Waals surface area contributed by atoms with Crippen LogP contribution in [0.4, 0.5) is 0 Å². The van der Waals surface area contributed by atoms with Crippen LogP contribution in [0.25, 0.3) is 0 Å². The Balaban J connectivity index is 2.59. The molecule has 1 aliphatic rings. The maximum Gasteiger partial charge on any atom is 0.125 e. The van der Waals surface area contributed by atoms with E-state index in [1.807, 2.05) is 12.1 Å². The normalized spacial score (nSPS) is 17.0. The topological polar surface area (TPSA) is 38.7 Å². The van der Waals surface area contributed by atoms with Gasteiger partial charge < -0.3 is 14.6 Å². The predicted molar refractivity (Wildman–Crippen MR) is 62.1 cm³/mol. The molecular weight excluding hydrogens is 204 g/mol. The molecule has 1 aromatic carbocycles. The van der Waals surface area contributed by atoms with Crippen molar-refractivity contribution in [3.63, 3.8) is 0 Å². The number of ether oxygens (including phenoxy) is 2. The summed E-state index contributed by atoms with van der Waals surface area (Å²) in [5.74, 6) is 1.59. The first-order valence-electron chi connectivity index (χ1n) is 5.63. The average Bonchev–Trinajstić information content (AvgIpc) is 3.06. The third-order valence-electron chi connectivity index (χ3n) is 3.21. The van der Waals surface area contributed by atoms with Gasteiger partial charge in [0.1, 0.15) is 11.5 Å². The molecule has 16 heavy (non-hydrogen) atoms. The third-order valence-corrected chi connectivity index (χ3v) is 3.21. The molecule has 0 heterocycles. The van der Waals surface area contributed by atoms with Crippen molar-refractivity contribution in [2.45, 2.75) is 31.8 Å². The van der Waals surface area contributed by atoms with E-state index in [4.69, 9.17) is 9.47 Å². The summed E-state index contributed by atoms with van der Waals surface area (Å²) < 4.78 is 10.7. The first kappa shape index (κ1) is 11.3. The van der Waals surface area contributed by atoms with Crippen molar-refractivity contribution in [3.8, 4) is 11.5 Å². The highest BCUT2D eigenvalue weighted by atomic mass is 16.5. The number of hydrogen-bond acceptors (Lipinski definition) is 3. The van der Waals surface area contributed by atoms with Gasteiger partial charge in [0, 0.05) is 11.1 Å². The fraction of sp³-hybridized carbons (Fsp3) is 0.538. The van der Waals surface area contributed by atoms with Gasteiger partial charge in [-0.2, -0.15) is 0 Å². The van der Waals surface area contributed by atoms with Crippen LogP contribution in [0.1, 0.15) is 30.9 Å². The highest BCUT2D eigenvalue weighted by Crippen LogP contribution is 2.51. The molecule has 0 unspecified atom stereocenters. The van der Waals surface area contributed by atoms with E-state index in [1.165, 1.54) is 0 Å². The Morgan fingerprint density at radius 3 is 2.19 bits per heavy atom. The molecule has 0 aromatic heterocycles. The zero-order valence-electron chi connectivity index (χ0n) is 10.0. The highest BCUT2D eigenvalue weighted by molar-refractivity contribution is 5.53. The van der Waals surface area contributed by atoms with Gasteiger partial charge in [-0.05, 0) is 31.4 Å². The number of aliphatic hydroxyl groups is 1. The average molecular weight is 222 g/mol. The lowest BCUT2D eigenvalue weighted by atomic mass is 9.96. The molecule has 0 amide bonds. The molecule has 0 bridgehead atoms. The molecule has 3 heteroatoms. The second-order valence-electron chi connectivity index (χ2n) is 4.21. The van der Waals surface area contributed by atoms with Crippen LogP contribution in [0.2, 0.25) is 0 Å². The lowest BCUT2D eigenvalue weighted by molar-refractivity contribution is 0.146. The van der Waals surface area contributed by atoms with Crippen LogP contribution >= 0.6 is 0 Å². The minimum absolute atomic E-state index is 0.689. The Kier molecular flexibility index (Phi) is 2.80. The van der Waals surface area contributed by atoms with E-state index in [0.717, 1.165) is 41.9 Å². The first-order valence-corrected chi connectivity index (χ1v) is 5.63. The second kappa shape index (κ2) is 3.98. The van der Waals surface area contributed by atoms with Crippen LogP contribution in [0.3, 0.4) is 0 Å². The molecule has 2 rings (SSSR count). The van der Waals surface area contributed by atoms with E-state index < -0.39 is 5.60 Å². The van der Waals surface area contributed by atoms with Gasteiger partial charge in [-0.1, -0.05) is 6.92 Å². The van der Waals surface area contributed by atoms with Crippen LogP contribution < -0.4 is 9.47 Å². The van der Waals surface area contributed by atoms with Crippen molar-refractivity contribution in [1.82, 2.24) is 0 Å². The van der Waals surface area contributed by atoms with Crippen LogP contribution in [-0.2, 0) is 12.0 Å². The van der Waals surface area contributed by atoms with Gasteiger partial charge in [0.05, 0.1) is 19.8 Å². The highest BCUT2D eigenvalue weighted by Gasteiger charge is 2.46. The molecule has 0 spiro atoms. The van der Waals surface area contributed by atoms with Gasteiger partial charge in [-0.15, -0.1) is 0 Å². The summed E-state index contributed by atoms with van der Waals surface area (Å²) in [7, 11) is 3.29. The van der Waals surface area contributed by atoms with Gasteiger partial charge in [-0.3, -0.25) is 0 Å². The minimum Gasteiger partial charge on any atom is -0.496 e. The molecule has 0 aliphatic heterocycles. The van der Waals surface area contributed by atoms with Gasteiger partial charge >= 0.3 is 0 Å². The summed E-state index contributed by atoms with van der Waals surface area (Å²) in [4.78, 5) is 0. The largest absolute Gasteiger partial charge is 0.496 e. The molecule has 0 atom stereocenters. The standard InChI is InChI=1S/C13H18O3/c1-4-9-10(15-2)5-6-11(16-3)12(9)13(14)7-8-13/h5-6,14H,4,7-8H2,1-3H3. The van der Waals surface area contributed by atoms with Gasteiger partial charge in [-0.25, -0.2) is 0 Å². The Labute approximate surface area is 96.0 Å². The van der Waals surface area contributed by atoms with E-state index >= 15 is 0 Å². The van der Waals surface area contributed by atoms with Crippen molar-refractivity contribution in [3.05, 3.63) is 23.3 Å². The van der Waals surface area contributed by atoms with Gasteiger partial charge in [0.25, 0.3) is 0 Å². The van der Waals surface area contributed by atoms with Crippen molar-refractivity contribution in [1.29, 1.82) is 0 Å². The minimum atomic E-state index is -0.689. The Morgan fingerprint density at radius 2 is 1.75 bits per heavy atom. The maximum atomic E-state index is 10.3. The summed E-state index contributed by atoms with van der Waals surface area (Å²) >= 11 is 0. The molecule has 1 aromatic rings. The van der Waals surface area contributed by atoms with E-state index in [-0.39, 0.29) is 0 Å². The molecular formula is C13H18O3. The zero-order chi connectivity index (χ0) is 11.8. The number of hydrogen-bond donors (Lipinski definition) is 1. The molecule has 1 N–H and O–H groups in total. The van der Waals surface area contributed by atoms with Crippen molar-refractivity contribution in [2.75, 3.05) is 14.2 Å². The fourth-order valence-corrected chi connectivity index (χ4v) is 2.20. The first-order chi connectivity index (χ1) is 7.66. The van der Waals surface area contributed by atoms with Crippen molar-refractivity contribution >= 4 is 0 Å². The van der Waals surface area contributed by atoms with Gasteiger partial charge in [0.15, 0.2) is 0 Å². The van der Waals surface area contributed by atoms with Gasteiger partial charge in [0.2, 0.25) is 0 Å². The van der Waals surface area contributed by atoms with Crippen LogP contribution in [-0.4, -0.2) is 19.3 Å². The van der Waals surface area contributed by atoms with E-state index in [9.17, 15) is 5.11 Å². The summed E-state index contributed by atoms with van der Waals surface area (Å²) in [5.41, 5.74) is 1.28. The van der Waals surface area contributed by atoms with Crippen LogP contribution in [0.5, 0.6) is 11.5 Å². The SMILES string of the molecule is CCc1c(OC)ccc(OC)c1C1(O)CC1. The molecule has 1 fully saturated rings. The smallest absolute Gasteiger partial charge is 0.125 e. The second-order valence-corrected chi connectivity index (χ2v) is 4.21. The molecule has 0 radical (unpaired) electrons. The Hall–Kier alpha value is -1.22. The molecule has 0 saturated heterocycles. The third kappa shape index (κ3) is 1.65. The van der Waals surface area contributed by atoms with E-state index in [0.29, 0.717) is 0 Å². The van der Waals surface area contributed by atoms with Crippen LogP contribution in [0.15, 0.2) is 12.1 Å². The van der Waals surface area contributed by atoms with Crippen molar-refractivity contribution in [2.24, 2.45) is 0 Å². The molecule has 3 nitrogen and oxygen atoms in total. The lowest BCUT2D eigenvalue weighted by Gasteiger charge is -2.20.